The first-order chi connectivity index (χ1) is 21.3. The summed E-state index contributed by atoms with van der Waals surface area (Å²) in [4.78, 5) is 26.0. The third-order valence-electron chi connectivity index (χ3n) is 14.9. The van der Waals surface area contributed by atoms with Gasteiger partial charge in [-0.1, -0.05) is 65.3 Å². The molecule has 0 heterocycles. The van der Waals surface area contributed by atoms with Gasteiger partial charge in [0.25, 0.3) is 0 Å². The molecule has 0 bridgehead atoms. The monoisotopic (exact) mass is 634 g/mol. The topological polar surface area (TPSA) is 124 Å². The van der Waals surface area contributed by atoms with Crippen molar-refractivity contribution in [2.24, 2.45) is 50.7 Å². The Morgan fingerprint density at radius 2 is 1.61 bits per heavy atom. The van der Waals surface area contributed by atoms with E-state index in [9.17, 15) is 30.0 Å². The average Bonchev–Trinajstić information content (AvgIpc) is 2.97. The first kappa shape index (κ1) is 33.3. The summed E-state index contributed by atoms with van der Waals surface area (Å²) in [6, 6.07) is 6.57. The summed E-state index contributed by atoms with van der Waals surface area (Å²) in [6.45, 7) is 15.3. The fraction of sp³-hybridized carbons (Fsp3) is 0.692. The molecule has 1 aromatic carbocycles. The van der Waals surface area contributed by atoms with Crippen LogP contribution in [0, 0.1) is 50.7 Å². The van der Waals surface area contributed by atoms with Gasteiger partial charge in [-0.2, -0.15) is 0 Å². The maximum atomic E-state index is 13.0. The molecule has 0 aliphatic heterocycles. The maximum absolute atomic E-state index is 13.0. The average molecular weight is 635 g/mol. The van der Waals surface area contributed by atoms with E-state index in [1.54, 1.807) is 30.3 Å². The summed E-state index contributed by atoms with van der Waals surface area (Å²) < 4.78 is 6.03. The number of aliphatic hydroxyl groups excluding tert-OH is 1. The lowest BCUT2D eigenvalue weighted by Crippen LogP contribution is -2.69. The lowest BCUT2D eigenvalue weighted by Gasteiger charge is -2.72. The predicted octanol–water partition coefficient (Wildman–Crippen LogP) is 7.15. The Balaban J connectivity index is 1.31. The van der Waals surface area contributed by atoms with Crippen LogP contribution in [0.3, 0.4) is 0 Å². The highest BCUT2D eigenvalue weighted by molar-refractivity contribution is 5.87. The van der Waals surface area contributed by atoms with E-state index in [0.717, 1.165) is 36.8 Å². The quantitative estimate of drug-likeness (QED) is 0.158. The van der Waals surface area contributed by atoms with Gasteiger partial charge in [0, 0.05) is 17.4 Å². The number of carboxylic acids is 1. The second kappa shape index (κ2) is 10.7. The number of esters is 1. The predicted molar refractivity (Wildman–Crippen MR) is 176 cm³/mol. The van der Waals surface area contributed by atoms with Gasteiger partial charge in [-0.15, -0.1) is 0 Å². The SMILES string of the molecule is C[C@@H]1CC[C@]2(C(=O)O)CC[C@]3(C)C(=CCC4[C@@]5(C)C[C@@H](O)[C@H](OC(=O)/C=C\c6ccc(O)cc6)C(C)(C)C5CC[C@]43C)[C@@H]2[C@]1(C)O. The number of allylic oxidation sites excluding steroid dienone is 1. The number of carbonyl (C=O) groups is 2. The molecule has 46 heavy (non-hydrogen) atoms. The highest BCUT2D eigenvalue weighted by atomic mass is 16.6. The second-order valence-corrected chi connectivity index (χ2v) is 17.2. The van der Waals surface area contributed by atoms with Crippen LogP contribution in [0.5, 0.6) is 5.75 Å². The van der Waals surface area contributed by atoms with Crippen molar-refractivity contribution >= 4 is 18.0 Å². The molecule has 2 unspecified atom stereocenters. The van der Waals surface area contributed by atoms with Crippen LogP contribution < -0.4 is 0 Å². The van der Waals surface area contributed by atoms with Crippen molar-refractivity contribution in [3.05, 3.63) is 47.6 Å². The van der Waals surface area contributed by atoms with Gasteiger partial charge < -0.3 is 25.2 Å². The summed E-state index contributed by atoms with van der Waals surface area (Å²) in [5.74, 6) is -1.07. The molecule has 0 spiro atoms. The number of aliphatic carboxylic acids is 1. The minimum absolute atomic E-state index is 0.0110. The van der Waals surface area contributed by atoms with Crippen LogP contribution in [0.2, 0.25) is 0 Å². The summed E-state index contributed by atoms with van der Waals surface area (Å²) in [6.07, 6.45) is 9.72. The van der Waals surface area contributed by atoms with E-state index >= 15 is 0 Å². The number of aliphatic hydroxyl groups is 2. The minimum Gasteiger partial charge on any atom is -0.508 e. The summed E-state index contributed by atoms with van der Waals surface area (Å²) in [7, 11) is 0. The number of carbonyl (C=O) groups excluding carboxylic acids is 1. The van der Waals surface area contributed by atoms with Crippen LogP contribution in [0.15, 0.2) is 42.0 Å². The Hall–Kier alpha value is -2.64. The van der Waals surface area contributed by atoms with Crippen molar-refractivity contribution in [3.63, 3.8) is 0 Å². The number of hydrogen-bond acceptors (Lipinski definition) is 6. The number of phenolic OH excluding ortho intramolecular Hbond substituents is 1. The molecule has 4 fully saturated rings. The van der Waals surface area contributed by atoms with Crippen LogP contribution in [-0.2, 0) is 14.3 Å². The maximum Gasteiger partial charge on any atom is 0.331 e. The van der Waals surface area contributed by atoms with Crippen molar-refractivity contribution < 1.29 is 34.8 Å². The van der Waals surface area contributed by atoms with Gasteiger partial charge in [-0.05, 0) is 116 Å². The van der Waals surface area contributed by atoms with Crippen LogP contribution in [0.1, 0.15) is 105 Å². The van der Waals surface area contributed by atoms with E-state index in [4.69, 9.17) is 4.74 Å². The number of ether oxygens (including phenoxy) is 1. The van der Waals surface area contributed by atoms with E-state index in [2.05, 4.69) is 47.6 Å². The fourth-order valence-corrected chi connectivity index (χ4v) is 12.1. The Morgan fingerprint density at radius 1 is 0.935 bits per heavy atom. The van der Waals surface area contributed by atoms with Crippen molar-refractivity contribution in [2.45, 2.75) is 118 Å². The lowest BCUT2D eigenvalue weighted by atomic mass is 9.33. The standard InChI is InChI=1S/C39H54O7/c1-23-16-19-39(33(43)44)21-20-36(5)26(31(39)38(23,7)45)13-14-29-35(4)22-27(41)32(34(2,3)28(35)17-18-37(29,36)6)46-30(42)15-10-24-8-11-25(40)12-9-24/h8-13,15,23,27-29,31-32,40-41,45H,14,16-22H2,1-7H3,(H,43,44)/b15-10-/t23-,27-,28?,29?,31-,32+,35+,36-,37-,38-,39+/m1/s1. The van der Waals surface area contributed by atoms with E-state index in [-0.39, 0.29) is 39.7 Å². The Bertz CT molecular complexity index is 1460. The van der Waals surface area contributed by atoms with E-state index in [1.165, 1.54) is 6.08 Å². The third kappa shape index (κ3) is 4.50. The van der Waals surface area contributed by atoms with Crippen molar-refractivity contribution in [2.75, 3.05) is 0 Å². The zero-order chi connectivity index (χ0) is 33.7. The largest absolute Gasteiger partial charge is 0.508 e. The van der Waals surface area contributed by atoms with E-state index < -0.39 is 46.5 Å². The van der Waals surface area contributed by atoms with Gasteiger partial charge in [0.2, 0.25) is 0 Å². The normalized spacial score (nSPS) is 46.2. The Kier molecular flexibility index (Phi) is 7.73. The molecule has 0 aromatic heterocycles. The number of hydrogen-bond donors (Lipinski definition) is 4. The molecule has 1 aromatic rings. The molecule has 11 atom stereocenters. The molecule has 4 N–H and O–H groups in total. The molecule has 7 heteroatoms. The van der Waals surface area contributed by atoms with Crippen LogP contribution >= 0.6 is 0 Å². The second-order valence-electron chi connectivity index (χ2n) is 17.2. The summed E-state index contributed by atoms with van der Waals surface area (Å²) in [5.41, 5.74) is -1.25. The zero-order valence-corrected chi connectivity index (χ0v) is 28.7. The molecule has 7 nitrogen and oxygen atoms in total. The molecule has 0 amide bonds. The van der Waals surface area contributed by atoms with Crippen molar-refractivity contribution in [3.8, 4) is 5.75 Å². The Labute approximate surface area is 274 Å². The molecular weight excluding hydrogens is 580 g/mol. The van der Waals surface area contributed by atoms with Gasteiger partial charge in [-0.3, -0.25) is 4.79 Å². The number of rotatable bonds is 4. The first-order valence-corrected chi connectivity index (χ1v) is 17.4. The van der Waals surface area contributed by atoms with Crippen molar-refractivity contribution in [1.29, 1.82) is 0 Å². The molecule has 5 aliphatic carbocycles. The minimum atomic E-state index is -1.11. The smallest absolute Gasteiger partial charge is 0.331 e. The van der Waals surface area contributed by atoms with Gasteiger partial charge in [0.15, 0.2) is 0 Å². The molecular formula is C39H54O7. The van der Waals surface area contributed by atoms with Gasteiger partial charge in [0.1, 0.15) is 11.9 Å². The number of aromatic hydroxyl groups is 1. The first-order valence-electron chi connectivity index (χ1n) is 17.4. The molecule has 5 aliphatic rings. The molecule has 4 saturated carbocycles. The summed E-state index contributed by atoms with van der Waals surface area (Å²) in [5, 5.41) is 44.0. The van der Waals surface area contributed by atoms with Crippen molar-refractivity contribution in [1.82, 2.24) is 0 Å². The van der Waals surface area contributed by atoms with Gasteiger partial charge in [-0.25, -0.2) is 4.79 Å². The summed E-state index contributed by atoms with van der Waals surface area (Å²) >= 11 is 0. The van der Waals surface area contributed by atoms with E-state index in [1.807, 2.05) is 6.92 Å². The molecule has 0 saturated heterocycles. The van der Waals surface area contributed by atoms with Gasteiger partial charge >= 0.3 is 11.9 Å². The van der Waals surface area contributed by atoms with E-state index in [0.29, 0.717) is 25.7 Å². The van der Waals surface area contributed by atoms with Crippen LogP contribution in [0.4, 0.5) is 0 Å². The number of phenols is 1. The number of carboxylic acid groups (broad SMARTS) is 1. The lowest BCUT2D eigenvalue weighted by molar-refractivity contribution is -0.242. The fourth-order valence-electron chi connectivity index (χ4n) is 12.1. The molecule has 252 valence electrons. The molecule has 6 rings (SSSR count). The highest BCUT2D eigenvalue weighted by Gasteiger charge is 2.72. The highest BCUT2D eigenvalue weighted by Crippen LogP contribution is 2.76. The van der Waals surface area contributed by atoms with Crippen LogP contribution in [-0.4, -0.2) is 50.2 Å². The third-order valence-corrected chi connectivity index (χ3v) is 14.9. The number of fused-ring (bicyclic) bond motifs is 7. The Morgan fingerprint density at radius 3 is 2.26 bits per heavy atom. The van der Waals surface area contributed by atoms with Gasteiger partial charge in [0.05, 0.1) is 17.1 Å². The molecule has 0 radical (unpaired) electrons. The van der Waals surface area contributed by atoms with Crippen LogP contribution in [0.25, 0.3) is 6.08 Å². The zero-order valence-electron chi connectivity index (χ0n) is 28.7. The number of benzene rings is 1.